The second-order valence-electron chi connectivity index (χ2n) is 6.70. The Morgan fingerprint density at radius 2 is 2.23 bits per heavy atom. The summed E-state index contributed by atoms with van der Waals surface area (Å²) >= 11 is 1.54. The molecule has 2 aromatic rings. The number of aryl methyl sites for hydroxylation is 2. The predicted octanol–water partition coefficient (Wildman–Crippen LogP) is 3.10. The predicted molar refractivity (Wildman–Crippen MR) is 102 cm³/mol. The van der Waals surface area contributed by atoms with Crippen LogP contribution < -0.4 is 5.32 Å². The summed E-state index contributed by atoms with van der Waals surface area (Å²) < 4.78 is 5.90. The van der Waals surface area contributed by atoms with Gasteiger partial charge < -0.3 is 15.0 Å². The van der Waals surface area contributed by atoms with Crippen molar-refractivity contribution in [3.8, 4) is 0 Å². The van der Waals surface area contributed by atoms with E-state index in [1.807, 2.05) is 37.8 Å². The van der Waals surface area contributed by atoms with Crippen LogP contribution >= 0.6 is 11.3 Å². The third kappa shape index (κ3) is 4.37. The smallest absolute Gasteiger partial charge is 0.225 e. The zero-order chi connectivity index (χ0) is 18.7. The van der Waals surface area contributed by atoms with E-state index in [1.165, 1.54) is 0 Å². The number of hydrogen-bond acceptors (Lipinski definition) is 7. The van der Waals surface area contributed by atoms with Gasteiger partial charge in [0.2, 0.25) is 11.0 Å². The van der Waals surface area contributed by atoms with Crippen LogP contribution in [0.1, 0.15) is 43.3 Å². The van der Waals surface area contributed by atoms with Crippen LogP contribution in [0, 0.1) is 12.8 Å². The number of rotatable bonds is 5. The molecule has 1 aliphatic rings. The molecular weight excluding hydrogens is 350 g/mol. The van der Waals surface area contributed by atoms with E-state index in [0.717, 1.165) is 33.6 Å². The number of carbonyl (C=O) groups is 1. The van der Waals surface area contributed by atoms with E-state index in [4.69, 9.17) is 4.74 Å². The summed E-state index contributed by atoms with van der Waals surface area (Å²) in [4.78, 5) is 18.8. The first-order chi connectivity index (χ1) is 12.5. The average Bonchev–Trinajstić information content (AvgIpc) is 3.08. The molecule has 0 saturated carbocycles. The fraction of sp³-hybridized carbons (Fsp3) is 0.556. The molecular formula is C18H25N5O2S. The summed E-state index contributed by atoms with van der Waals surface area (Å²) in [5, 5.41) is 13.4. The first-order valence-electron chi connectivity index (χ1n) is 8.94. The van der Waals surface area contributed by atoms with Crippen molar-refractivity contribution < 1.29 is 9.53 Å². The van der Waals surface area contributed by atoms with Crippen LogP contribution in [-0.4, -0.2) is 45.7 Å². The van der Waals surface area contributed by atoms with Crippen molar-refractivity contribution >= 4 is 28.1 Å². The van der Waals surface area contributed by atoms with Crippen molar-refractivity contribution in [2.75, 3.05) is 25.0 Å². The molecule has 7 nitrogen and oxygen atoms in total. The van der Waals surface area contributed by atoms with Gasteiger partial charge in [0.05, 0.1) is 18.8 Å². The van der Waals surface area contributed by atoms with Crippen molar-refractivity contribution in [3.63, 3.8) is 0 Å². The van der Waals surface area contributed by atoms with Crippen molar-refractivity contribution in [2.24, 2.45) is 5.92 Å². The molecule has 0 bridgehead atoms. The van der Waals surface area contributed by atoms with Gasteiger partial charge in [-0.3, -0.25) is 9.78 Å². The molecule has 140 valence electrons. The summed E-state index contributed by atoms with van der Waals surface area (Å²) in [7, 11) is 0. The van der Waals surface area contributed by atoms with Gasteiger partial charge in [-0.1, -0.05) is 32.1 Å². The highest BCUT2D eigenvalue weighted by Gasteiger charge is 2.27. The van der Waals surface area contributed by atoms with Crippen molar-refractivity contribution in [1.82, 2.24) is 20.1 Å². The second kappa shape index (κ2) is 8.09. The van der Waals surface area contributed by atoms with Gasteiger partial charge in [0, 0.05) is 23.8 Å². The van der Waals surface area contributed by atoms with E-state index < -0.39 is 0 Å². The number of hydrogen-bond donors (Lipinski definition) is 1. The SMILES string of the molecule is CCc1nnc(Nc2cc(C)nc(C3CN(C(=O)C(C)C)CCO3)c2)s1. The van der Waals surface area contributed by atoms with Gasteiger partial charge >= 0.3 is 0 Å². The number of amides is 1. The van der Waals surface area contributed by atoms with Crippen molar-refractivity contribution in [3.05, 3.63) is 28.5 Å². The van der Waals surface area contributed by atoms with Gasteiger partial charge in [-0.05, 0) is 25.5 Å². The summed E-state index contributed by atoms with van der Waals surface area (Å²) in [5.74, 6) is 0.145. The van der Waals surface area contributed by atoms with Crippen LogP contribution in [0.25, 0.3) is 0 Å². The van der Waals surface area contributed by atoms with Gasteiger partial charge in [0.1, 0.15) is 11.1 Å². The maximum Gasteiger partial charge on any atom is 0.225 e. The van der Waals surface area contributed by atoms with E-state index >= 15 is 0 Å². The lowest BCUT2D eigenvalue weighted by molar-refractivity contribution is -0.142. The van der Waals surface area contributed by atoms with E-state index in [0.29, 0.717) is 19.7 Å². The minimum Gasteiger partial charge on any atom is -0.368 e. The number of ether oxygens (including phenoxy) is 1. The lowest BCUT2D eigenvalue weighted by Crippen LogP contribution is -2.44. The van der Waals surface area contributed by atoms with Crippen LogP contribution in [0.4, 0.5) is 10.8 Å². The van der Waals surface area contributed by atoms with Crippen LogP contribution in [0.5, 0.6) is 0 Å². The topological polar surface area (TPSA) is 80.2 Å². The van der Waals surface area contributed by atoms with Crippen molar-refractivity contribution in [1.29, 1.82) is 0 Å². The van der Waals surface area contributed by atoms with E-state index in [-0.39, 0.29) is 17.9 Å². The monoisotopic (exact) mass is 375 g/mol. The molecule has 3 heterocycles. The normalized spacial score (nSPS) is 17.6. The second-order valence-corrected chi connectivity index (χ2v) is 7.76. The minimum atomic E-state index is -0.215. The Bertz CT molecular complexity index is 777. The highest BCUT2D eigenvalue weighted by molar-refractivity contribution is 7.15. The lowest BCUT2D eigenvalue weighted by Gasteiger charge is -2.34. The van der Waals surface area contributed by atoms with E-state index in [9.17, 15) is 4.79 Å². The molecule has 0 radical (unpaired) electrons. The zero-order valence-electron chi connectivity index (χ0n) is 15.7. The number of anilines is 2. The Labute approximate surface area is 157 Å². The molecule has 0 spiro atoms. The highest BCUT2D eigenvalue weighted by atomic mass is 32.1. The number of carbonyl (C=O) groups excluding carboxylic acids is 1. The molecule has 1 N–H and O–H groups in total. The van der Waals surface area contributed by atoms with Crippen LogP contribution in [-0.2, 0) is 16.0 Å². The number of pyridine rings is 1. The quantitative estimate of drug-likeness (QED) is 0.865. The van der Waals surface area contributed by atoms with E-state index in [2.05, 4.69) is 27.4 Å². The minimum absolute atomic E-state index is 0.0124. The molecule has 1 fully saturated rings. The maximum atomic E-state index is 12.3. The van der Waals surface area contributed by atoms with Gasteiger partial charge in [0.25, 0.3) is 0 Å². The highest BCUT2D eigenvalue weighted by Crippen LogP contribution is 2.27. The number of nitrogens with zero attached hydrogens (tertiary/aromatic N) is 4. The molecule has 1 unspecified atom stereocenters. The Hall–Kier alpha value is -2.06. The van der Waals surface area contributed by atoms with Crippen LogP contribution in [0.3, 0.4) is 0 Å². The standard InChI is InChI=1S/C18H25N5O2S/c1-5-16-21-22-18(26-16)20-13-8-12(4)19-14(9-13)15-10-23(6-7-25-15)17(24)11(2)3/h8-9,11,15H,5-7,10H2,1-4H3,(H,19,20,22). The zero-order valence-corrected chi connectivity index (χ0v) is 16.5. The maximum absolute atomic E-state index is 12.3. The summed E-state index contributed by atoms with van der Waals surface area (Å²) in [5.41, 5.74) is 2.62. The molecule has 1 amide bonds. The van der Waals surface area contributed by atoms with Gasteiger partial charge in [-0.2, -0.15) is 0 Å². The summed E-state index contributed by atoms with van der Waals surface area (Å²) in [6.45, 7) is 9.55. The largest absolute Gasteiger partial charge is 0.368 e. The Kier molecular flexibility index (Phi) is 5.83. The average molecular weight is 375 g/mol. The first-order valence-corrected chi connectivity index (χ1v) is 9.76. The van der Waals surface area contributed by atoms with E-state index in [1.54, 1.807) is 11.3 Å². The van der Waals surface area contributed by atoms with Gasteiger partial charge in [-0.25, -0.2) is 0 Å². The third-order valence-corrected chi connectivity index (χ3v) is 5.18. The lowest BCUT2D eigenvalue weighted by atomic mass is 10.1. The number of nitrogens with one attached hydrogen (secondary N) is 1. The number of morpholine rings is 1. The molecule has 0 aliphatic carbocycles. The molecule has 3 rings (SSSR count). The molecule has 26 heavy (non-hydrogen) atoms. The molecule has 2 aromatic heterocycles. The molecule has 1 atom stereocenters. The molecule has 0 aromatic carbocycles. The summed E-state index contributed by atoms with van der Waals surface area (Å²) in [6.07, 6.45) is 0.655. The van der Waals surface area contributed by atoms with Crippen LogP contribution in [0.15, 0.2) is 12.1 Å². The Morgan fingerprint density at radius 3 is 2.92 bits per heavy atom. The van der Waals surface area contributed by atoms with Gasteiger partial charge in [0.15, 0.2) is 0 Å². The van der Waals surface area contributed by atoms with Crippen molar-refractivity contribution in [2.45, 2.75) is 40.2 Å². The molecule has 1 saturated heterocycles. The fourth-order valence-corrected chi connectivity index (χ4v) is 3.60. The fourth-order valence-electron chi connectivity index (χ4n) is 2.90. The summed E-state index contributed by atoms with van der Waals surface area (Å²) in [6, 6.07) is 3.93. The Balaban J connectivity index is 1.77. The molecule has 8 heteroatoms. The number of aromatic nitrogens is 3. The van der Waals surface area contributed by atoms with Gasteiger partial charge in [-0.15, -0.1) is 10.2 Å². The first kappa shape index (κ1) is 18.7. The molecule has 1 aliphatic heterocycles. The third-order valence-electron chi connectivity index (χ3n) is 4.20. The van der Waals surface area contributed by atoms with Crippen LogP contribution in [0.2, 0.25) is 0 Å². The Morgan fingerprint density at radius 1 is 1.42 bits per heavy atom.